The van der Waals surface area contributed by atoms with Crippen LogP contribution in [0.4, 0.5) is 5.88 Å². The maximum absolute atomic E-state index is 12.8. The number of carbonyl (C=O) groups is 2. The van der Waals surface area contributed by atoms with Gasteiger partial charge in [0.25, 0.3) is 5.91 Å². The van der Waals surface area contributed by atoms with Gasteiger partial charge in [-0.15, -0.1) is 0 Å². The zero-order valence-corrected chi connectivity index (χ0v) is 19.5. The molecule has 1 amide bonds. The van der Waals surface area contributed by atoms with Gasteiger partial charge in [0, 0.05) is 5.56 Å². The standard InChI is InChI=1S/C23H22Cl2N2O5/c1-12(2)14-8-5-6-11-17(14)31-13(3)21(28)26-22-19(23(29)30-4)20(27-32-22)18-15(24)9-7-10-16(18)25/h5-13H,1-4H3,(H,26,28). The molecule has 0 saturated heterocycles. The minimum atomic E-state index is -0.891. The van der Waals surface area contributed by atoms with Crippen molar-refractivity contribution in [3.8, 4) is 17.0 Å². The predicted octanol–water partition coefficient (Wildman–Crippen LogP) is 5.96. The van der Waals surface area contributed by atoms with Crippen molar-refractivity contribution in [2.24, 2.45) is 0 Å². The summed E-state index contributed by atoms with van der Waals surface area (Å²) in [7, 11) is 1.20. The molecule has 1 heterocycles. The fourth-order valence-electron chi connectivity index (χ4n) is 3.08. The molecule has 0 aliphatic rings. The number of ether oxygens (including phenoxy) is 2. The third-order valence-electron chi connectivity index (χ3n) is 4.73. The molecular formula is C23H22Cl2N2O5. The van der Waals surface area contributed by atoms with Gasteiger partial charge < -0.3 is 14.0 Å². The van der Waals surface area contributed by atoms with Gasteiger partial charge in [-0.25, -0.2) is 4.79 Å². The molecule has 0 bridgehead atoms. The highest BCUT2D eigenvalue weighted by atomic mass is 35.5. The Bertz CT molecular complexity index is 1120. The second-order valence-electron chi connectivity index (χ2n) is 7.27. The lowest BCUT2D eigenvalue weighted by molar-refractivity contribution is -0.122. The number of hydrogen-bond donors (Lipinski definition) is 1. The Morgan fingerprint density at radius 1 is 1.03 bits per heavy atom. The first-order valence-electron chi connectivity index (χ1n) is 9.83. The van der Waals surface area contributed by atoms with Crippen molar-refractivity contribution < 1.29 is 23.6 Å². The van der Waals surface area contributed by atoms with Crippen LogP contribution >= 0.6 is 23.2 Å². The van der Waals surface area contributed by atoms with E-state index < -0.39 is 18.0 Å². The second-order valence-corrected chi connectivity index (χ2v) is 8.08. The van der Waals surface area contributed by atoms with Gasteiger partial charge >= 0.3 is 5.97 Å². The minimum absolute atomic E-state index is 0.0569. The monoisotopic (exact) mass is 476 g/mol. The summed E-state index contributed by atoms with van der Waals surface area (Å²) in [5.74, 6) is -0.697. The summed E-state index contributed by atoms with van der Waals surface area (Å²) in [6, 6.07) is 12.3. The average Bonchev–Trinajstić information content (AvgIpc) is 3.16. The van der Waals surface area contributed by atoms with E-state index in [1.165, 1.54) is 7.11 Å². The SMILES string of the molecule is COC(=O)c1c(-c2c(Cl)cccc2Cl)noc1NC(=O)C(C)Oc1ccccc1C(C)C. The molecule has 0 aliphatic heterocycles. The van der Waals surface area contributed by atoms with Gasteiger partial charge in [-0.05, 0) is 36.6 Å². The summed E-state index contributed by atoms with van der Waals surface area (Å²) in [5, 5.41) is 6.97. The Morgan fingerprint density at radius 2 is 1.69 bits per heavy atom. The molecule has 0 radical (unpaired) electrons. The van der Waals surface area contributed by atoms with Crippen LogP contribution in [0.1, 0.15) is 42.6 Å². The molecule has 1 atom stereocenters. The highest BCUT2D eigenvalue weighted by Crippen LogP contribution is 2.38. The molecule has 0 saturated carbocycles. The smallest absolute Gasteiger partial charge is 0.345 e. The fraction of sp³-hybridized carbons (Fsp3) is 0.261. The second kappa shape index (κ2) is 10.1. The molecule has 1 aromatic heterocycles. The molecule has 1 unspecified atom stereocenters. The molecule has 32 heavy (non-hydrogen) atoms. The van der Waals surface area contributed by atoms with E-state index in [-0.39, 0.29) is 38.7 Å². The topological polar surface area (TPSA) is 90.7 Å². The summed E-state index contributed by atoms with van der Waals surface area (Å²) in [6.45, 7) is 5.66. The van der Waals surface area contributed by atoms with Gasteiger partial charge in [-0.1, -0.05) is 66.5 Å². The van der Waals surface area contributed by atoms with E-state index in [0.717, 1.165) is 5.56 Å². The number of para-hydroxylation sites is 1. The van der Waals surface area contributed by atoms with E-state index in [4.69, 9.17) is 37.2 Å². The molecular weight excluding hydrogens is 455 g/mol. The van der Waals surface area contributed by atoms with Crippen molar-refractivity contribution in [3.05, 3.63) is 63.6 Å². The zero-order chi connectivity index (χ0) is 23.4. The molecule has 168 valence electrons. The number of aromatic nitrogens is 1. The van der Waals surface area contributed by atoms with Gasteiger partial charge in [-0.3, -0.25) is 10.1 Å². The largest absolute Gasteiger partial charge is 0.481 e. The van der Waals surface area contributed by atoms with Crippen LogP contribution in [0.2, 0.25) is 10.0 Å². The number of amides is 1. The Morgan fingerprint density at radius 3 is 2.31 bits per heavy atom. The zero-order valence-electron chi connectivity index (χ0n) is 17.9. The van der Waals surface area contributed by atoms with E-state index in [2.05, 4.69) is 10.5 Å². The number of hydrogen-bond acceptors (Lipinski definition) is 6. The average molecular weight is 477 g/mol. The Balaban J connectivity index is 1.90. The lowest BCUT2D eigenvalue weighted by Gasteiger charge is -2.18. The molecule has 1 N–H and O–H groups in total. The van der Waals surface area contributed by atoms with Crippen LogP contribution in [0, 0.1) is 0 Å². The number of rotatable bonds is 7. The number of halogens is 2. The number of anilines is 1. The van der Waals surface area contributed by atoms with E-state index in [1.54, 1.807) is 31.2 Å². The highest BCUT2D eigenvalue weighted by molar-refractivity contribution is 6.39. The number of carbonyl (C=O) groups excluding carboxylic acids is 2. The Hall–Kier alpha value is -3.03. The van der Waals surface area contributed by atoms with Crippen LogP contribution in [0.15, 0.2) is 47.0 Å². The summed E-state index contributed by atoms with van der Waals surface area (Å²) in [4.78, 5) is 25.3. The van der Waals surface area contributed by atoms with Gasteiger partial charge in [0.1, 0.15) is 11.4 Å². The predicted molar refractivity (Wildman–Crippen MR) is 123 cm³/mol. The van der Waals surface area contributed by atoms with Crippen molar-refractivity contribution in [1.29, 1.82) is 0 Å². The van der Waals surface area contributed by atoms with E-state index >= 15 is 0 Å². The maximum atomic E-state index is 12.8. The summed E-state index contributed by atoms with van der Waals surface area (Å²) in [6.07, 6.45) is -0.891. The maximum Gasteiger partial charge on any atom is 0.345 e. The first kappa shape index (κ1) is 23.6. The minimum Gasteiger partial charge on any atom is -0.481 e. The molecule has 0 fully saturated rings. The molecule has 3 aromatic rings. The molecule has 0 aliphatic carbocycles. The quantitative estimate of drug-likeness (QED) is 0.422. The summed E-state index contributed by atoms with van der Waals surface area (Å²) in [5.41, 5.74) is 1.21. The Kier molecular flexibility index (Phi) is 7.43. The van der Waals surface area contributed by atoms with Crippen LogP contribution in [-0.2, 0) is 9.53 Å². The van der Waals surface area contributed by atoms with Gasteiger partial charge in [0.2, 0.25) is 5.88 Å². The molecule has 0 spiro atoms. The lowest BCUT2D eigenvalue weighted by atomic mass is 10.0. The first-order valence-corrected chi connectivity index (χ1v) is 10.6. The van der Waals surface area contributed by atoms with Gasteiger partial charge in [-0.2, -0.15) is 0 Å². The fourth-order valence-corrected chi connectivity index (χ4v) is 3.66. The molecule has 7 nitrogen and oxygen atoms in total. The summed E-state index contributed by atoms with van der Waals surface area (Å²) >= 11 is 12.5. The van der Waals surface area contributed by atoms with Crippen LogP contribution in [-0.4, -0.2) is 30.2 Å². The lowest BCUT2D eigenvalue weighted by Crippen LogP contribution is -2.31. The number of nitrogens with one attached hydrogen (secondary N) is 1. The van der Waals surface area contributed by atoms with Crippen molar-refractivity contribution in [1.82, 2.24) is 5.16 Å². The van der Waals surface area contributed by atoms with Crippen molar-refractivity contribution in [2.45, 2.75) is 32.8 Å². The van der Waals surface area contributed by atoms with Crippen LogP contribution < -0.4 is 10.1 Å². The van der Waals surface area contributed by atoms with Crippen LogP contribution in [0.25, 0.3) is 11.3 Å². The van der Waals surface area contributed by atoms with E-state index in [1.807, 2.05) is 32.0 Å². The van der Waals surface area contributed by atoms with Crippen LogP contribution in [0.3, 0.4) is 0 Å². The molecule has 2 aromatic carbocycles. The third kappa shape index (κ3) is 4.89. The van der Waals surface area contributed by atoms with Gasteiger partial charge in [0.05, 0.1) is 17.2 Å². The molecule has 9 heteroatoms. The number of nitrogens with zero attached hydrogens (tertiary/aromatic N) is 1. The number of methoxy groups -OCH3 is 1. The van der Waals surface area contributed by atoms with E-state index in [0.29, 0.717) is 5.75 Å². The number of esters is 1. The highest BCUT2D eigenvalue weighted by Gasteiger charge is 2.30. The van der Waals surface area contributed by atoms with Crippen molar-refractivity contribution >= 4 is 41.0 Å². The third-order valence-corrected chi connectivity index (χ3v) is 5.36. The molecule has 3 rings (SSSR count). The summed E-state index contributed by atoms with van der Waals surface area (Å²) < 4.78 is 16.0. The Labute approximate surface area is 195 Å². The van der Waals surface area contributed by atoms with Gasteiger partial charge in [0.15, 0.2) is 11.7 Å². The van der Waals surface area contributed by atoms with Crippen LogP contribution in [0.5, 0.6) is 5.75 Å². The van der Waals surface area contributed by atoms with Crippen molar-refractivity contribution in [3.63, 3.8) is 0 Å². The number of benzene rings is 2. The van der Waals surface area contributed by atoms with E-state index in [9.17, 15) is 9.59 Å². The normalized spacial score (nSPS) is 11.8. The van der Waals surface area contributed by atoms with Crippen molar-refractivity contribution in [2.75, 3.05) is 12.4 Å². The first-order chi connectivity index (χ1) is 15.2.